The molecule has 40 heavy (non-hydrogen) atoms. The van der Waals surface area contributed by atoms with E-state index in [-0.39, 0.29) is 34.2 Å². The summed E-state index contributed by atoms with van der Waals surface area (Å²) in [6.45, 7) is 6.50. The molecule has 3 heterocycles. The lowest BCUT2D eigenvalue weighted by atomic mass is 10.0. The molecule has 0 aliphatic carbocycles. The third kappa shape index (κ3) is 6.05. The van der Waals surface area contributed by atoms with Crippen LogP contribution in [0, 0.1) is 24.1 Å². The highest BCUT2D eigenvalue weighted by molar-refractivity contribution is 8.26. The first-order valence-corrected chi connectivity index (χ1v) is 14.3. The summed E-state index contributed by atoms with van der Waals surface area (Å²) in [6, 6.07) is 8.40. The number of hydrogen-bond donors (Lipinski definition) is 1. The van der Waals surface area contributed by atoms with Crippen LogP contribution in [0.3, 0.4) is 0 Å². The van der Waals surface area contributed by atoms with Gasteiger partial charge < -0.3 is 14.9 Å². The smallest absolute Gasteiger partial charge is 0.305 e. The lowest BCUT2D eigenvalue weighted by Crippen LogP contribution is -2.48. The van der Waals surface area contributed by atoms with Crippen molar-refractivity contribution in [3.63, 3.8) is 0 Å². The maximum atomic E-state index is 13.5. The SMILES string of the molecule is CCCCn1c(N2CCN(c3ccc(F)cc3)CC2)c(/C=C2/SC(=S)N(CCC(=O)O)C2=O)c(C)c(C#N)c1=O. The second-order valence-electron chi connectivity index (χ2n) is 9.59. The number of rotatable bonds is 9. The lowest BCUT2D eigenvalue weighted by molar-refractivity contribution is -0.137. The molecule has 1 aromatic heterocycles. The maximum Gasteiger partial charge on any atom is 0.305 e. The summed E-state index contributed by atoms with van der Waals surface area (Å²) in [5.74, 6) is -1.08. The number of pyridine rings is 1. The number of hydrogen-bond acceptors (Lipinski definition) is 8. The highest BCUT2D eigenvalue weighted by Gasteiger charge is 2.34. The second-order valence-corrected chi connectivity index (χ2v) is 11.3. The molecule has 2 saturated heterocycles. The van der Waals surface area contributed by atoms with E-state index in [2.05, 4.69) is 15.9 Å². The number of halogens is 1. The Balaban J connectivity index is 1.76. The van der Waals surface area contributed by atoms with E-state index in [1.54, 1.807) is 29.7 Å². The minimum absolute atomic E-state index is 0.0254. The minimum Gasteiger partial charge on any atom is -0.481 e. The van der Waals surface area contributed by atoms with Gasteiger partial charge in [-0.1, -0.05) is 37.3 Å². The average molecular weight is 584 g/mol. The van der Waals surface area contributed by atoms with Gasteiger partial charge in [0, 0.05) is 50.5 Å². The molecule has 0 radical (unpaired) electrons. The van der Waals surface area contributed by atoms with Crippen LogP contribution in [0.15, 0.2) is 34.0 Å². The number of carboxylic acids is 1. The summed E-state index contributed by atoms with van der Waals surface area (Å²) in [6.07, 6.45) is 3.02. The number of thioether (sulfide) groups is 1. The molecule has 2 fully saturated rings. The zero-order valence-corrected chi connectivity index (χ0v) is 24.0. The molecule has 12 heteroatoms. The molecule has 0 spiro atoms. The number of carbonyl (C=O) groups excluding carboxylic acids is 1. The van der Waals surface area contributed by atoms with Crippen LogP contribution in [0.5, 0.6) is 0 Å². The van der Waals surface area contributed by atoms with E-state index in [0.29, 0.717) is 54.6 Å². The number of nitrogens with zero attached hydrogens (tertiary/aromatic N) is 5. The van der Waals surface area contributed by atoms with Gasteiger partial charge in [-0.2, -0.15) is 5.26 Å². The first-order valence-electron chi connectivity index (χ1n) is 13.1. The van der Waals surface area contributed by atoms with E-state index in [9.17, 15) is 24.0 Å². The summed E-state index contributed by atoms with van der Waals surface area (Å²) in [7, 11) is 0. The predicted molar refractivity (Wildman–Crippen MR) is 158 cm³/mol. The zero-order valence-electron chi connectivity index (χ0n) is 22.4. The van der Waals surface area contributed by atoms with Gasteiger partial charge in [0.2, 0.25) is 0 Å². The highest BCUT2D eigenvalue weighted by atomic mass is 32.2. The Morgan fingerprint density at radius 3 is 2.40 bits per heavy atom. The summed E-state index contributed by atoms with van der Waals surface area (Å²) < 4.78 is 15.3. The Morgan fingerprint density at radius 2 is 1.80 bits per heavy atom. The maximum absolute atomic E-state index is 13.5. The molecular weight excluding hydrogens is 553 g/mol. The van der Waals surface area contributed by atoms with Gasteiger partial charge in [0.25, 0.3) is 11.5 Å². The molecule has 0 atom stereocenters. The number of benzene rings is 1. The number of carbonyl (C=O) groups is 2. The molecule has 210 valence electrons. The van der Waals surface area contributed by atoms with Crippen molar-refractivity contribution in [1.82, 2.24) is 9.47 Å². The monoisotopic (exact) mass is 583 g/mol. The van der Waals surface area contributed by atoms with Gasteiger partial charge >= 0.3 is 5.97 Å². The Kier molecular flexibility index (Phi) is 9.27. The largest absolute Gasteiger partial charge is 0.481 e. The van der Waals surface area contributed by atoms with Crippen LogP contribution in [0.25, 0.3) is 6.08 Å². The van der Waals surface area contributed by atoms with Crippen LogP contribution in [-0.4, -0.2) is 63.5 Å². The summed E-state index contributed by atoms with van der Waals surface area (Å²) >= 11 is 6.44. The van der Waals surface area contributed by atoms with Gasteiger partial charge in [0.1, 0.15) is 27.6 Å². The molecule has 1 aromatic carbocycles. The van der Waals surface area contributed by atoms with Crippen LogP contribution < -0.4 is 15.4 Å². The summed E-state index contributed by atoms with van der Waals surface area (Å²) in [5, 5.41) is 18.9. The van der Waals surface area contributed by atoms with Gasteiger partial charge in [-0.25, -0.2) is 4.39 Å². The number of aliphatic carboxylic acids is 1. The molecule has 2 aliphatic rings. The average Bonchev–Trinajstić information content (AvgIpc) is 3.20. The Hall–Kier alpha value is -3.69. The molecule has 4 rings (SSSR count). The topological polar surface area (TPSA) is 110 Å². The standard InChI is InChI=1S/C28H30FN5O4S2/c1-3-4-10-33-25(32-14-12-31(13-15-32)20-7-5-19(29)6-8-20)21(18(2)22(17-30)26(33)37)16-23-27(38)34(28(39)40-23)11-9-24(35)36/h5-8,16H,3-4,9-15H2,1-2H3,(H,35,36)/b23-16+. The number of thiocarbonyl (C=S) groups is 1. The van der Waals surface area contributed by atoms with E-state index in [1.807, 2.05) is 6.92 Å². The van der Waals surface area contributed by atoms with Crippen LogP contribution in [0.2, 0.25) is 0 Å². The highest BCUT2D eigenvalue weighted by Crippen LogP contribution is 2.36. The van der Waals surface area contributed by atoms with Crippen molar-refractivity contribution in [2.75, 3.05) is 42.5 Å². The van der Waals surface area contributed by atoms with Crippen LogP contribution in [-0.2, 0) is 16.1 Å². The van der Waals surface area contributed by atoms with Gasteiger partial charge in [-0.15, -0.1) is 0 Å². The van der Waals surface area contributed by atoms with Crippen molar-refractivity contribution in [2.24, 2.45) is 0 Å². The van der Waals surface area contributed by atoms with Gasteiger partial charge in [-0.05, 0) is 49.2 Å². The number of carboxylic acid groups (broad SMARTS) is 1. The fourth-order valence-electron chi connectivity index (χ4n) is 4.87. The Bertz CT molecular complexity index is 1460. The molecule has 0 saturated carbocycles. The number of anilines is 2. The normalized spacial score (nSPS) is 16.6. The summed E-state index contributed by atoms with van der Waals surface area (Å²) in [4.78, 5) is 43.6. The van der Waals surface area contributed by atoms with E-state index >= 15 is 0 Å². The fraction of sp³-hybridized carbons (Fsp3) is 0.393. The first kappa shape index (κ1) is 29.3. The van der Waals surface area contributed by atoms with E-state index in [4.69, 9.17) is 17.3 Å². The number of unbranched alkanes of at least 4 members (excludes halogenated alkanes) is 1. The van der Waals surface area contributed by atoms with Crippen molar-refractivity contribution in [2.45, 2.75) is 39.7 Å². The van der Waals surface area contributed by atoms with Crippen molar-refractivity contribution in [3.05, 3.63) is 62.0 Å². The van der Waals surface area contributed by atoms with Gasteiger partial charge in [0.15, 0.2) is 0 Å². The Labute approximate surface area is 241 Å². The summed E-state index contributed by atoms with van der Waals surface area (Å²) in [5.41, 5.74) is 1.65. The van der Waals surface area contributed by atoms with Gasteiger partial charge in [0.05, 0.1) is 11.3 Å². The molecule has 0 unspecified atom stereocenters. The molecule has 1 N–H and O–H groups in total. The van der Waals surface area contributed by atoms with E-state index in [1.165, 1.54) is 17.0 Å². The van der Waals surface area contributed by atoms with Crippen molar-refractivity contribution in [1.29, 1.82) is 5.26 Å². The van der Waals surface area contributed by atoms with Crippen LogP contribution in [0.1, 0.15) is 42.9 Å². The third-order valence-corrected chi connectivity index (χ3v) is 8.43. The van der Waals surface area contributed by atoms with E-state index < -0.39 is 11.9 Å². The number of piperazine rings is 1. The molecule has 2 aliphatic heterocycles. The number of nitriles is 1. The molecule has 0 bridgehead atoms. The van der Waals surface area contributed by atoms with Crippen molar-refractivity contribution >= 4 is 57.8 Å². The fourth-order valence-corrected chi connectivity index (χ4v) is 6.16. The molecule has 9 nitrogen and oxygen atoms in total. The first-order chi connectivity index (χ1) is 19.2. The number of amides is 1. The lowest BCUT2D eigenvalue weighted by Gasteiger charge is -2.39. The van der Waals surface area contributed by atoms with Crippen molar-refractivity contribution < 1.29 is 19.1 Å². The zero-order chi connectivity index (χ0) is 29.0. The molecule has 1 amide bonds. The van der Waals surface area contributed by atoms with Gasteiger partial charge in [-0.3, -0.25) is 23.9 Å². The van der Waals surface area contributed by atoms with Crippen LogP contribution in [0.4, 0.5) is 15.9 Å². The predicted octanol–water partition coefficient (Wildman–Crippen LogP) is 3.97. The molecular formula is C28H30FN5O4S2. The second kappa shape index (κ2) is 12.7. The quantitative estimate of drug-likeness (QED) is 0.346. The Morgan fingerprint density at radius 1 is 1.15 bits per heavy atom. The number of aromatic nitrogens is 1. The van der Waals surface area contributed by atoms with Crippen LogP contribution >= 0.6 is 24.0 Å². The van der Waals surface area contributed by atoms with Crippen molar-refractivity contribution in [3.8, 4) is 6.07 Å². The minimum atomic E-state index is -1.03. The van der Waals surface area contributed by atoms with E-state index in [0.717, 1.165) is 30.3 Å². The third-order valence-electron chi connectivity index (χ3n) is 7.05. The molecule has 2 aromatic rings.